The van der Waals surface area contributed by atoms with E-state index in [1.54, 1.807) is 0 Å². The van der Waals surface area contributed by atoms with Crippen molar-refractivity contribution in [1.82, 2.24) is 15.7 Å². The lowest BCUT2D eigenvalue weighted by molar-refractivity contribution is -0.154. The number of amides is 4. The molecule has 0 bridgehead atoms. The van der Waals surface area contributed by atoms with Gasteiger partial charge in [0, 0.05) is 6.42 Å². The molecule has 1 aliphatic rings. The number of nitrogens with one attached hydrogen (secondary N) is 2. The average molecular weight is 366 g/mol. The molecule has 10 nitrogen and oxygen atoms in total. The van der Waals surface area contributed by atoms with Gasteiger partial charge in [0.25, 0.3) is 11.8 Å². The number of hydroxylamine groups is 1. The Bertz CT molecular complexity index is 476. The number of nitrogens with two attached hydrogens (primary N) is 2. The van der Waals surface area contributed by atoms with Crippen molar-refractivity contribution in [1.29, 1.82) is 0 Å². The quantitative estimate of drug-likeness (QED) is 0.143. The average Bonchev–Trinajstić information content (AvgIpc) is 2.53. The van der Waals surface area contributed by atoms with Gasteiger partial charge in [-0.3, -0.25) is 29.3 Å². The fourth-order valence-corrected chi connectivity index (χ4v) is 2.23. The van der Waals surface area contributed by atoms with Crippen LogP contribution < -0.4 is 22.3 Å². The Morgan fingerprint density at radius 3 is 2.58 bits per heavy atom. The standard InChI is InChI=1S/C13H23N5O5.ClH/c14-6-2-1-3-8(15)12(21)16-9-4-5-11(20)18(13(9)22)7-10(19)17-23;/h8-9,23H,1-7,14-15H2,(H,16,21)(H,17,19);1H/t8-,9-;/m0./s1. The van der Waals surface area contributed by atoms with Crippen molar-refractivity contribution in [2.45, 2.75) is 44.2 Å². The van der Waals surface area contributed by atoms with Crippen LogP contribution in [0.3, 0.4) is 0 Å². The highest BCUT2D eigenvalue weighted by atomic mass is 35.5. The first-order valence-electron chi connectivity index (χ1n) is 7.43. The number of rotatable bonds is 8. The summed E-state index contributed by atoms with van der Waals surface area (Å²) in [6, 6.07) is -1.67. The number of hydrogen-bond donors (Lipinski definition) is 5. The van der Waals surface area contributed by atoms with Gasteiger partial charge >= 0.3 is 0 Å². The Labute approximate surface area is 145 Å². The first-order chi connectivity index (χ1) is 10.9. The Kier molecular flexibility index (Phi) is 10.1. The third kappa shape index (κ3) is 6.40. The van der Waals surface area contributed by atoms with E-state index in [4.69, 9.17) is 16.7 Å². The van der Waals surface area contributed by atoms with Crippen molar-refractivity contribution in [2.24, 2.45) is 11.5 Å². The van der Waals surface area contributed by atoms with Gasteiger partial charge in [-0.1, -0.05) is 6.42 Å². The number of nitrogens with zero attached hydrogens (tertiary/aromatic N) is 1. The summed E-state index contributed by atoms with van der Waals surface area (Å²) in [4.78, 5) is 47.7. The summed E-state index contributed by atoms with van der Waals surface area (Å²) in [6.45, 7) is -0.0808. The van der Waals surface area contributed by atoms with Crippen molar-refractivity contribution in [3.8, 4) is 0 Å². The van der Waals surface area contributed by atoms with Crippen LogP contribution in [0, 0.1) is 0 Å². The van der Waals surface area contributed by atoms with E-state index in [2.05, 4.69) is 5.32 Å². The molecule has 138 valence electrons. The minimum absolute atomic E-state index is 0. The van der Waals surface area contributed by atoms with Crippen LogP contribution in [0.1, 0.15) is 32.1 Å². The SMILES string of the molecule is Cl.NCCCC[C@H](N)C(=O)N[C@H]1CCC(=O)N(CC(=O)NO)C1=O. The monoisotopic (exact) mass is 365 g/mol. The first kappa shape index (κ1) is 22.2. The number of hydrogen-bond acceptors (Lipinski definition) is 7. The van der Waals surface area contributed by atoms with Crippen LogP contribution in [0.5, 0.6) is 0 Å². The van der Waals surface area contributed by atoms with E-state index in [-0.39, 0.29) is 25.2 Å². The molecule has 1 rings (SSSR count). The van der Waals surface area contributed by atoms with Crippen LogP contribution in [0.4, 0.5) is 0 Å². The molecule has 0 unspecified atom stereocenters. The zero-order valence-electron chi connectivity index (χ0n) is 13.2. The van der Waals surface area contributed by atoms with E-state index in [0.717, 1.165) is 6.42 Å². The summed E-state index contributed by atoms with van der Waals surface area (Å²) in [6.07, 6.45) is 2.06. The van der Waals surface area contributed by atoms with Gasteiger partial charge in [0.1, 0.15) is 12.6 Å². The highest BCUT2D eigenvalue weighted by Gasteiger charge is 2.36. The summed E-state index contributed by atoms with van der Waals surface area (Å²) >= 11 is 0. The summed E-state index contributed by atoms with van der Waals surface area (Å²) in [5.74, 6) is -2.60. The third-order valence-corrected chi connectivity index (χ3v) is 3.56. The van der Waals surface area contributed by atoms with Crippen molar-refractivity contribution in [2.75, 3.05) is 13.1 Å². The zero-order chi connectivity index (χ0) is 17.4. The molecule has 0 aromatic rings. The molecule has 0 aliphatic carbocycles. The predicted octanol–water partition coefficient (Wildman–Crippen LogP) is -2.00. The lowest BCUT2D eigenvalue weighted by Gasteiger charge is -2.30. The molecule has 0 saturated carbocycles. The molecule has 1 heterocycles. The molecule has 1 fully saturated rings. The maximum Gasteiger partial charge on any atom is 0.263 e. The molecule has 0 aromatic heterocycles. The molecule has 11 heteroatoms. The largest absolute Gasteiger partial charge is 0.343 e. The number of carbonyl (C=O) groups is 4. The molecule has 1 saturated heterocycles. The van der Waals surface area contributed by atoms with Gasteiger partial charge in [0.2, 0.25) is 11.8 Å². The van der Waals surface area contributed by atoms with Crippen molar-refractivity contribution in [3.63, 3.8) is 0 Å². The summed E-state index contributed by atoms with van der Waals surface area (Å²) < 4.78 is 0. The Morgan fingerprint density at radius 2 is 2.00 bits per heavy atom. The molecule has 2 atom stereocenters. The van der Waals surface area contributed by atoms with Crippen LogP contribution in [0.15, 0.2) is 0 Å². The van der Waals surface area contributed by atoms with Gasteiger partial charge in [0.05, 0.1) is 6.04 Å². The fraction of sp³-hybridized carbons (Fsp3) is 0.692. The first-order valence-corrected chi connectivity index (χ1v) is 7.43. The van der Waals surface area contributed by atoms with E-state index >= 15 is 0 Å². The maximum absolute atomic E-state index is 12.2. The summed E-state index contributed by atoms with van der Waals surface area (Å²) in [5.41, 5.74) is 12.5. The van der Waals surface area contributed by atoms with Gasteiger partial charge in [-0.2, -0.15) is 0 Å². The maximum atomic E-state index is 12.2. The molecule has 1 aliphatic heterocycles. The van der Waals surface area contributed by atoms with Gasteiger partial charge < -0.3 is 16.8 Å². The molecular formula is C13H24ClN5O5. The van der Waals surface area contributed by atoms with Crippen molar-refractivity contribution in [3.05, 3.63) is 0 Å². The number of unbranched alkanes of at least 4 members (excludes halogenated alkanes) is 1. The fourth-order valence-electron chi connectivity index (χ4n) is 2.23. The van der Waals surface area contributed by atoms with Gasteiger partial charge in [0.15, 0.2) is 0 Å². The summed E-state index contributed by atoms with van der Waals surface area (Å²) in [7, 11) is 0. The molecule has 24 heavy (non-hydrogen) atoms. The Balaban J connectivity index is 0.00000529. The van der Waals surface area contributed by atoms with E-state index in [0.29, 0.717) is 24.3 Å². The van der Waals surface area contributed by atoms with E-state index in [1.807, 2.05) is 0 Å². The van der Waals surface area contributed by atoms with Gasteiger partial charge in [-0.25, -0.2) is 5.48 Å². The molecule has 0 spiro atoms. The highest BCUT2D eigenvalue weighted by Crippen LogP contribution is 2.13. The Hall–Kier alpha value is -1.75. The lowest BCUT2D eigenvalue weighted by atomic mass is 10.0. The second-order valence-electron chi connectivity index (χ2n) is 5.34. The minimum Gasteiger partial charge on any atom is -0.343 e. The molecule has 4 amide bonds. The van der Waals surface area contributed by atoms with E-state index in [9.17, 15) is 19.2 Å². The second-order valence-corrected chi connectivity index (χ2v) is 5.34. The van der Waals surface area contributed by atoms with E-state index < -0.39 is 42.3 Å². The highest BCUT2D eigenvalue weighted by molar-refractivity contribution is 6.04. The van der Waals surface area contributed by atoms with Crippen molar-refractivity contribution < 1.29 is 24.4 Å². The van der Waals surface area contributed by atoms with Gasteiger partial charge in [-0.05, 0) is 25.8 Å². The molecular weight excluding hydrogens is 342 g/mol. The number of piperidine rings is 1. The molecule has 7 N–H and O–H groups in total. The number of imide groups is 1. The van der Waals surface area contributed by atoms with E-state index in [1.165, 1.54) is 5.48 Å². The zero-order valence-corrected chi connectivity index (χ0v) is 14.0. The van der Waals surface area contributed by atoms with Crippen LogP contribution in [-0.2, 0) is 19.2 Å². The smallest absolute Gasteiger partial charge is 0.263 e. The number of carbonyl (C=O) groups excluding carboxylic acids is 4. The topological polar surface area (TPSA) is 168 Å². The summed E-state index contributed by atoms with van der Waals surface area (Å²) in [5, 5.41) is 11.0. The van der Waals surface area contributed by atoms with Crippen LogP contribution in [0.25, 0.3) is 0 Å². The van der Waals surface area contributed by atoms with Crippen LogP contribution >= 0.6 is 12.4 Å². The van der Waals surface area contributed by atoms with Crippen molar-refractivity contribution >= 4 is 36.0 Å². The second kappa shape index (κ2) is 10.9. The number of halogens is 1. The number of likely N-dealkylation sites (tertiary alicyclic amines) is 1. The molecule has 0 radical (unpaired) electrons. The Morgan fingerprint density at radius 1 is 1.33 bits per heavy atom. The third-order valence-electron chi connectivity index (χ3n) is 3.56. The predicted molar refractivity (Wildman–Crippen MR) is 85.9 cm³/mol. The molecule has 0 aromatic carbocycles. The van der Waals surface area contributed by atoms with Gasteiger partial charge in [-0.15, -0.1) is 12.4 Å². The minimum atomic E-state index is -0.910. The normalized spacial score (nSPS) is 18.6. The van der Waals surface area contributed by atoms with Crippen LogP contribution in [0.2, 0.25) is 0 Å². The lowest BCUT2D eigenvalue weighted by Crippen LogP contribution is -2.58. The van der Waals surface area contributed by atoms with Crippen LogP contribution in [-0.4, -0.2) is 58.9 Å².